The van der Waals surface area contributed by atoms with Crippen molar-refractivity contribution in [2.24, 2.45) is 0 Å². The van der Waals surface area contributed by atoms with Crippen LogP contribution in [-0.4, -0.2) is 57.0 Å². The molecule has 1 unspecified atom stereocenters. The zero-order valence-corrected chi connectivity index (χ0v) is 23.5. The van der Waals surface area contributed by atoms with E-state index in [1.807, 2.05) is 50.8 Å². The van der Waals surface area contributed by atoms with Crippen molar-refractivity contribution >= 4 is 13.5 Å². The van der Waals surface area contributed by atoms with Crippen molar-refractivity contribution in [1.82, 2.24) is 4.90 Å². The Labute approximate surface area is 216 Å². The summed E-state index contributed by atoms with van der Waals surface area (Å²) in [6.45, 7) is 9.24. The molecule has 0 spiro atoms. The van der Waals surface area contributed by atoms with Crippen molar-refractivity contribution < 1.29 is 27.9 Å². The summed E-state index contributed by atoms with van der Waals surface area (Å²) in [7, 11) is -0.00199. The summed E-state index contributed by atoms with van der Waals surface area (Å²) in [6.07, 6.45) is 3.02. The standard InChI is InChI=1S/C28H42NO6P/c1-7-34-36(31,35-8-2)22(3)14-12-18-29(19-13-17-24-15-10-9-11-16-24)28(30)25-20-26(32-5)23(4)27(21-25)33-6/h9-11,15-16,20-22H,7-8,12-14,17-19H2,1-6H3. The lowest BCUT2D eigenvalue weighted by atomic mass is 10.1. The van der Waals surface area contributed by atoms with Crippen molar-refractivity contribution in [3.63, 3.8) is 0 Å². The molecule has 1 amide bonds. The molecule has 0 aliphatic carbocycles. The number of carbonyl (C=O) groups excluding carboxylic acids is 1. The first-order valence-corrected chi connectivity index (χ1v) is 14.3. The van der Waals surface area contributed by atoms with Crippen LogP contribution in [0.4, 0.5) is 0 Å². The summed E-state index contributed by atoms with van der Waals surface area (Å²) in [5.41, 5.74) is 2.37. The van der Waals surface area contributed by atoms with Gasteiger partial charge in [-0.15, -0.1) is 0 Å². The predicted molar refractivity (Wildman–Crippen MR) is 145 cm³/mol. The number of amides is 1. The molecule has 0 aromatic heterocycles. The minimum absolute atomic E-state index is 0.0786. The van der Waals surface area contributed by atoms with Crippen LogP contribution in [0.3, 0.4) is 0 Å². The number of ether oxygens (including phenoxy) is 2. The smallest absolute Gasteiger partial charge is 0.333 e. The van der Waals surface area contributed by atoms with E-state index >= 15 is 0 Å². The average Bonchev–Trinajstić information content (AvgIpc) is 2.88. The zero-order chi connectivity index (χ0) is 26.6. The molecule has 8 heteroatoms. The Morgan fingerprint density at radius 3 is 2.03 bits per heavy atom. The molecule has 0 fully saturated rings. The van der Waals surface area contributed by atoms with Crippen LogP contribution in [0.2, 0.25) is 0 Å². The lowest BCUT2D eigenvalue weighted by Crippen LogP contribution is -2.33. The Kier molecular flexibility index (Phi) is 12.5. The van der Waals surface area contributed by atoms with Gasteiger partial charge in [0.05, 0.1) is 33.1 Å². The van der Waals surface area contributed by atoms with E-state index in [0.717, 1.165) is 18.4 Å². The van der Waals surface area contributed by atoms with Crippen molar-refractivity contribution in [3.05, 3.63) is 59.2 Å². The third-order valence-corrected chi connectivity index (χ3v) is 8.80. The topological polar surface area (TPSA) is 74.3 Å². The summed E-state index contributed by atoms with van der Waals surface area (Å²) >= 11 is 0. The van der Waals surface area contributed by atoms with E-state index in [9.17, 15) is 9.36 Å². The molecule has 0 N–H and O–H groups in total. The fourth-order valence-electron chi connectivity index (χ4n) is 4.21. The van der Waals surface area contributed by atoms with E-state index in [2.05, 4.69) is 12.1 Å². The van der Waals surface area contributed by atoms with Gasteiger partial charge in [0.25, 0.3) is 5.91 Å². The van der Waals surface area contributed by atoms with Crippen LogP contribution in [0, 0.1) is 6.92 Å². The minimum Gasteiger partial charge on any atom is -0.496 e. The monoisotopic (exact) mass is 519 g/mol. The highest BCUT2D eigenvalue weighted by atomic mass is 31.2. The molecule has 0 aliphatic rings. The average molecular weight is 520 g/mol. The van der Waals surface area contributed by atoms with Gasteiger partial charge < -0.3 is 23.4 Å². The number of rotatable bonds is 16. The number of benzene rings is 2. The van der Waals surface area contributed by atoms with Gasteiger partial charge in [-0.25, -0.2) is 0 Å². The van der Waals surface area contributed by atoms with Crippen LogP contribution >= 0.6 is 7.60 Å². The van der Waals surface area contributed by atoms with Crippen LogP contribution in [0.25, 0.3) is 0 Å². The maximum Gasteiger partial charge on any atom is 0.333 e. The quantitative estimate of drug-likeness (QED) is 0.235. The Balaban J connectivity index is 2.17. The zero-order valence-electron chi connectivity index (χ0n) is 22.6. The van der Waals surface area contributed by atoms with Gasteiger partial charge in [-0.1, -0.05) is 37.3 Å². The first-order chi connectivity index (χ1) is 17.3. The molecule has 0 saturated heterocycles. The molecule has 2 rings (SSSR count). The lowest BCUT2D eigenvalue weighted by molar-refractivity contribution is 0.0749. The number of aryl methyl sites for hydroxylation is 1. The summed E-state index contributed by atoms with van der Waals surface area (Å²) in [6, 6.07) is 13.8. The summed E-state index contributed by atoms with van der Waals surface area (Å²) < 4.78 is 35.1. The molecule has 0 bridgehead atoms. The lowest BCUT2D eigenvalue weighted by Gasteiger charge is -2.26. The molecule has 0 heterocycles. The van der Waals surface area contributed by atoms with E-state index in [0.29, 0.717) is 56.2 Å². The fourth-order valence-corrected chi connectivity index (χ4v) is 6.02. The number of methoxy groups -OCH3 is 2. The molecule has 36 heavy (non-hydrogen) atoms. The Morgan fingerprint density at radius 1 is 0.944 bits per heavy atom. The highest BCUT2D eigenvalue weighted by Gasteiger charge is 2.31. The molecular weight excluding hydrogens is 477 g/mol. The van der Waals surface area contributed by atoms with Gasteiger partial charge in [-0.2, -0.15) is 0 Å². The van der Waals surface area contributed by atoms with Gasteiger partial charge in [0.1, 0.15) is 11.5 Å². The second kappa shape index (κ2) is 15.0. The number of hydrogen-bond donors (Lipinski definition) is 0. The third kappa shape index (κ3) is 8.36. The van der Waals surface area contributed by atoms with Crippen molar-refractivity contribution in [2.75, 3.05) is 40.5 Å². The number of hydrogen-bond acceptors (Lipinski definition) is 6. The number of nitrogens with zero attached hydrogens (tertiary/aromatic N) is 1. The predicted octanol–water partition coefficient (Wildman–Crippen LogP) is 6.52. The maximum absolute atomic E-state index is 13.6. The highest BCUT2D eigenvalue weighted by Crippen LogP contribution is 2.54. The molecule has 2 aromatic rings. The van der Waals surface area contributed by atoms with Crippen LogP contribution in [0.15, 0.2) is 42.5 Å². The largest absolute Gasteiger partial charge is 0.496 e. The van der Waals surface area contributed by atoms with E-state index in [4.69, 9.17) is 18.5 Å². The van der Waals surface area contributed by atoms with Crippen molar-refractivity contribution in [3.8, 4) is 11.5 Å². The Morgan fingerprint density at radius 2 is 1.50 bits per heavy atom. The van der Waals surface area contributed by atoms with Crippen molar-refractivity contribution in [2.45, 2.75) is 59.0 Å². The van der Waals surface area contributed by atoms with Crippen molar-refractivity contribution in [1.29, 1.82) is 0 Å². The summed E-state index contributed by atoms with van der Waals surface area (Å²) in [5.74, 6) is 1.15. The molecule has 2 aromatic carbocycles. The van der Waals surface area contributed by atoms with Gasteiger partial charge in [-0.05, 0) is 64.2 Å². The maximum atomic E-state index is 13.6. The van der Waals surface area contributed by atoms with Crippen LogP contribution in [-0.2, 0) is 20.0 Å². The Bertz CT molecular complexity index is 962. The molecule has 7 nitrogen and oxygen atoms in total. The van der Waals surface area contributed by atoms with Crippen LogP contribution in [0.5, 0.6) is 11.5 Å². The van der Waals surface area contributed by atoms with E-state index in [1.165, 1.54) is 5.56 Å². The van der Waals surface area contributed by atoms with Crippen LogP contribution in [0.1, 0.15) is 61.5 Å². The molecular formula is C28H42NO6P. The summed E-state index contributed by atoms with van der Waals surface area (Å²) in [4.78, 5) is 15.5. The molecule has 200 valence electrons. The SMILES string of the molecule is CCOP(=O)(OCC)C(C)CCCN(CCCc1ccccc1)C(=O)c1cc(OC)c(C)c(OC)c1. The fraction of sp³-hybridized carbons (Fsp3) is 0.536. The Hall–Kier alpha value is -2.34. The van der Waals surface area contributed by atoms with Gasteiger partial charge >= 0.3 is 7.60 Å². The van der Waals surface area contributed by atoms with E-state index < -0.39 is 7.60 Å². The molecule has 0 aliphatic heterocycles. The van der Waals surface area contributed by atoms with Gasteiger partial charge in [0.2, 0.25) is 0 Å². The first-order valence-electron chi connectivity index (χ1n) is 12.7. The highest BCUT2D eigenvalue weighted by molar-refractivity contribution is 7.54. The normalized spacial score (nSPS) is 12.3. The van der Waals surface area contributed by atoms with Gasteiger partial charge in [-0.3, -0.25) is 9.36 Å². The summed E-state index contributed by atoms with van der Waals surface area (Å²) in [5, 5.41) is 0. The molecule has 0 radical (unpaired) electrons. The second-order valence-electron chi connectivity index (χ2n) is 8.75. The van der Waals surface area contributed by atoms with Gasteiger partial charge in [0.15, 0.2) is 0 Å². The minimum atomic E-state index is -3.18. The van der Waals surface area contributed by atoms with E-state index in [-0.39, 0.29) is 11.6 Å². The second-order valence-corrected chi connectivity index (χ2v) is 11.2. The number of carbonyl (C=O) groups is 1. The van der Waals surface area contributed by atoms with E-state index in [1.54, 1.807) is 26.4 Å². The van der Waals surface area contributed by atoms with Gasteiger partial charge in [0, 0.05) is 24.2 Å². The van der Waals surface area contributed by atoms with Crippen LogP contribution < -0.4 is 9.47 Å². The molecule has 1 atom stereocenters. The first kappa shape index (κ1) is 29.9. The molecule has 0 saturated carbocycles. The third-order valence-electron chi connectivity index (χ3n) is 6.23.